The van der Waals surface area contributed by atoms with Crippen LogP contribution < -0.4 is 0 Å². The van der Waals surface area contributed by atoms with Crippen LogP contribution in [0.2, 0.25) is 10.0 Å². The number of aromatic nitrogens is 3. The molecule has 9 heteroatoms. The van der Waals surface area contributed by atoms with Crippen molar-refractivity contribution in [2.75, 3.05) is 13.1 Å². The van der Waals surface area contributed by atoms with Crippen LogP contribution in [0.4, 0.5) is 0 Å². The van der Waals surface area contributed by atoms with E-state index >= 15 is 0 Å². The number of halogens is 2. The number of aliphatic hydroxyl groups excluding tert-OH is 1. The van der Waals surface area contributed by atoms with Crippen molar-refractivity contribution in [2.45, 2.75) is 38.3 Å². The molecule has 0 unspecified atom stereocenters. The van der Waals surface area contributed by atoms with E-state index in [1.165, 1.54) is 15.9 Å². The van der Waals surface area contributed by atoms with Gasteiger partial charge in [0, 0.05) is 19.5 Å². The van der Waals surface area contributed by atoms with Gasteiger partial charge in [-0.2, -0.15) is 4.52 Å². The van der Waals surface area contributed by atoms with Gasteiger partial charge in [0.25, 0.3) is 0 Å². The van der Waals surface area contributed by atoms with Crippen LogP contribution in [0.5, 0.6) is 5.88 Å². The zero-order chi connectivity index (χ0) is 19.1. The van der Waals surface area contributed by atoms with E-state index in [4.69, 9.17) is 23.2 Å². The van der Waals surface area contributed by atoms with E-state index in [2.05, 4.69) is 15.0 Å². The molecule has 4 rings (SSSR count). The lowest BCUT2D eigenvalue weighted by Crippen LogP contribution is -2.38. The lowest BCUT2D eigenvalue weighted by molar-refractivity contribution is 0.0689. The van der Waals surface area contributed by atoms with Crippen molar-refractivity contribution in [1.82, 2.24) is 19.5 Å². The number of benzene rings is 1. The van der Waals surface area contributed by atoms with Crippen molar-refractivity contribution < 1.29 is 10.2 Å². The van der Waals surface area contributed by atoms with Gasteiger partial charge < -0.3 is 10.2 Å². The minimum absolute atomic E-state index is 0.101. The van der Waals surface area contributed by atoms with Crippen LogP contribution in [0.25, 0.3) is 4.96 Å². The van der Waals surface area contributed by atoms with E-state index in [0.717, 1.165) is 23.5 Å². The maximum atomic E-state index is 10.9. The molecule has 1 fully saturated rings. The summed E-state index contributed by atoms with van der Waals surface area (Å²) in [6.45, 7) is 3.42. The zero-order valence-corrected chi connectivity index (χ0v) is 17.1. The topological polar surface area (TPSA) is 73.9 Å². The molecular weight excluding hydrogens is 407 g/mol. The molecule has 1 atom stereocenters. The predicted octanol–water partition coefficient (Wildman–Crippen LogP) is 3.91. The summed E-state index contributed by atoms with van der Waals surface area (Å²) in [4.78, 5) is 8.16. The molecule has 6 nitrogen and oxygen atoms in total. The Morgan fingerprint density at radius 2 is 2.00 bits per heavy atom. The highest BCUT2D eigenvalue weighted by Crippen LogP contribution is 2.42. The van der Waals surface area contributed by atoms with Crippen LogP contribution in [0.3, 0.4) is 0 Å². The first-order chi connectivity index (χ1) is 13.0. The largest absolute Gasteiger partial charge is 0.492 e. The summed E-state index contributed by atoms with van der Waals surface area (Å²) in [5, 5.41) is 26.1. The molecule has 3 aromatic rings. The van der Waals surface area contributed by atoms with Crippen molar-refractivity contribution in [3.8, 4) is 5.88 Å². The number of fused-ring (bicyclic) bond motifs is 1. The summed E-state index contributed by atoms with van der Waals surface area (Å²) in [6.07, 6.45) is 1.82. The summed E-state index contributed by atoms with van der Waals surface area (Å²) in [6, 6.07) is 5.34. The molecule has 2 aromatic heterocycles. The summed E-state index contributed by atoms with van der Waals surface area (Å²) in [5.41, 5.74) is 0.941. The van der Waals surface area contributed by atoms with Crippen molar-refractivity contribution in [3.05, 3.63) is 44.5 Å². The highest BCUT2D eigenvalue weighted by atomic mass is 35.5. The van der Waals surface area contributed by atoms with Crippen molar-refractivity contribution in [2.24, 2.45) is 0 Å². The number of hydrogen-bond donors (Lipinski definition) is 2. The monoisotopic (exact) mass is 426 g/mol. The van der Waals surface area contributed by atoms with Gasteiger partial charge in [0.15, 0.2) is 5.82 Å². The van der Waals surface area contributed by atoms with Gasteiger partial charge in [-0.15, -0.1) is 5.10 Å². The van der Waals surface area contributed by atoms with Crippen LogP contribution in [-0.4, -0.2) is 48.9 Å². The normalized spacial score (nSPS) is 17.6. The summed E-state index contributed by atoms with van der Waals surface area (Å²) >= 11 is 13.8. The first-order valence-electron chi connectivity index (χ1n) is 8.92. The van der Waals surface area contributed by atoms with E-state index < -0.39 is 0 Å². The molecule has 0 radical (unpaired) electrons. The second-order valence-electron chi connectivity index (χ2n) is 6.71. The van der Waals surface area contributed by atoms with Crippen molar-refractivity contribution in [1.29, 1.82) is 0 Å². The molecule has 0 bridgehead atoms. The van der Waals surface area contributed by atoms with Gasteiger partial charge in [0.1, 0.15) is 0 Å². The zero-order valence-electron chi connectivity index (χ0n) is 14.8. The van der Waals surface area contributed by atoms with Crippen molar-refractivity contribution in [3.63, 3.8) is 0 Å². The predicted molar refractivity (Wildman–Crippen MR) is 107 cm³/mol. The molecule has 0 amide bonds. The Kier molecular flexibility index (Phi) is 5.31. The first-order valence-corrected chi connectivity index (χ1v) is 10.5. The number of likely N-dealkylation sites (tertiary alicyclic amines) is 1. The number of aliphatic hydroxyl groups is 1. The maximum Gasteiger partial charge on any atom is 0.230 e. The number of rotatable bonds is 4. The minimum atomic E-state index is -0.279. The highest BCUT2D eigenvalue weighted by molar-refractivity contribution is 7.17. The third kappa shape index (κ3) is 3.54. The minimum Gasteiger partial charge on any atom is -0.492 e. The smallest absolute Gasteiger partial charge is 0.230 e. The number of piperidine rings is 1. The van der Waals surface area contributed by atoms with E-state index in [0.29, 0.717) is 40.1 Å². The Labute approximate surface area is 171 Å². The molecule has 1 aromatic carbocycles. The Balaban J connectivity index is 1.80. The highest BCUT2D eigenvalue weighted by Gasteiger charge is 2.32. The van der Waals surface area contributed by atoms with Gasteiger partial charge in [0.2, 0.25) is 10.8 Å². The van der Waals surface area contributed by atoms with Crippen molar-refractivity contribution >= 4 is 39.5 Å². The second-order valence-corrected chi connectivity index (χ2v) is 8.53. The molecule has 1 aliphatic rings. The number of nitrogens with zero attached hydrogens (tertiary/aromatic N) is 4. The second kappa shape index (κ2) is 7.56. The molecule has 2 N–H and O–H groups in total. The van der Waals surface area contributed by atoms with E-state index in [9.17, 15) is 10.2 Å². The van der Waals surface area contributed by atoms with Crippen LogP contribution in [0, 0.1) is 0 Å². The molecule has 1 aliphatic heterocycles. The van der Waals surface area contributed by atoms with E-state index in [-0.39, 0.29) is 18.0 Å². The molecule has 0 aliphatic carbocycles. The van der Waals surface area contributed by atoms with Gasteiger partial charge in [0.05, 0.1) is 27.1 Å². The summed E-state index contributed by atoms with van der Waals surface area (Å²) < 4.78 is 1.50. The number of thiazole rings is 1. The Morgan fingerprint density at radius 3 is 2.63 bits per heavy atom. The fourth-order valence-electron chi connectivity index (χ4n) is 3.47. The van der Waals surface area contributed by atoms with Crippen LogP contribution in [0.1, 0.15) is 42.1 Å². The molecular formula is C18H20Cl2N4O2S. The maximum absolute atomic E-state index is 10.9. The number of aromatic hydroxyl groups is 1. The van der Waals surface area contributed by atoms with Crippen LogP contribution in [-0.2, 0) is 6.42 Å². The number of aryl methyl sites for hydroxylation is 1. The Morgan fingerprint density at radius 1 is 1.26 bits per heavy atom. The summed E-state index contributed by atoms with van der Waals surface area (Å²) in [5.74, 6) is 0.805. The molecule has 144 valence electrons. The summed E-state index contributed by atoms with van der Waals surface area (Å²) in [7, 11) is 0. The lowest BCUT2D eigenvalue weighted by atomic mass is 9.99. The fourth-order valence-corrected chi connectivity index (χ4v) is 4.92. The van der Waals surface area contributed by atoms with Gasteiger partial charge in [-0.25, -0.2) is 4.98 Å². The quantitative estimate of drug-likeness (QED) is 0.661. The molecule has 1 saturated heterocycles. The van der Waals surface area contributed by atoms with Gasteiger partial charge in [-0.3, -0.25) is 4.90 Å². The number of hydrogen-bond acceptors (Lipinski definition) is 6. The fraction of sp³-hybridized carbons (Fsp3) is 0.444. The SMILES string of the molecule is CCc1nc2sc([C@H](c3ccc(Cl)c(Cl)c3)N3CCC(O)CC3)c(O)n2n1. The molecule has 3 heterocycles. The molecule has 0 spiro atoms. The molecule has 27 heavy (non-hydrogen) atoms. The van der Waals surface area contributed by atoms with Crippen LogP contribution >= 0.6 is 34.5 Å². The molecule has 0 saturated carbocycles. The first kappa shape index (κ1) is 19.0. The van der Waals surface area contributed by atoms with Gasteiger partial charge in [-0.1, -0.05) is 47.5 Å². The van der Waals surface area contributed by atoms with E-state index in [1.54, 1.807) is 6.07 Å². The van der Waals surface area contributed by atoms with Crippen LogP contribution in [0.15, 0.2) is 18.2 Å². The third-order valence-electron chi connectivity index (χ3n) is 4.93. The lowest BCUT2D eigenvalue weighted by Gasteiger charge is -2.36. The standard InChI is InChI=1S/C18H20Cl2N4O2S/c1-2-14-21-18-24(22-14)17(26)16(27-18)15(23-7-5-11(25)6-8-23)10-3-4-12(19)13(20)9-10/h3-4,9,11,15,25-26H,2,5-8H2,1H3/t15-/m0/s1. The van der Waals surface area contributed by atoms with E-state index in [1.807, 2.05) is 19.1 Å². The van der Waals surface area contributed by atoms with Gasteiger partial charge >= 0.3 is 0 Å². The third-order valence-corrected chi connectivity index (χ3v) is 6.74. The average Bonchev–Trinajstić information content (AvgIpc) is 3.19. The Hall–Kier alpha value is -1.38. The average molecular weight is 427 g/mol. The van der Waals surface area contributed by atoms with Gasteiger partial charge in [-0.05, 0) is 30.5 Å². The Bertz CT molecular complexity index is 966.